The average molecular weight is 375 g/mol. The SMILES string of the molecule is CCN(C)C(=O)c1ccc([C@H]2CCCN2C(=O)CCCn2cncn2)s1. The second-order valence-corrected chi connectivity index (χ2v) is 7.64. The van der Waals surface area contributed by atoms with E-state index in [2.05, 4.69) is 10.1 Å². The number of rotatable bonds is 7. The minimum absolute atomic E-state index is 0.0486. The number of carbonyl (C=O) groups excluding carboxylic acids is 2. The van der Waals surface area contributed by atoms with E-state index in [1.807, 2.05) is 31.0 Å². The first kappa shape index (κ1) is 18.6. The van der Waals surface area contributed by atoms with Crippen molar-refractivity contribution in [3.8, 4) is 0 Å². The Balaban J connectivity index is 1.60. The molecule has 0 saturated carbocycles. The van der Waals surface area contributed by atoms with E-state index in [4.69, 9.17) is 0 Å². The molecule has 1 atom stereocenters. The third-order valence-corrected chi connectivity index (χ3v) is 5.98. The van der Waals surface area contributed by atoms with Crippen LogP contribution in [0.4, 0.5) is 0 Å². The van der Waals surface area contributed by atoms with Crippen LogP contribution in [0.1, 0.15) is 53.2 Å². The zero-order valence-corrected chi connectivity index (χ0v) is 16.1. The van der Waals surface area contributed by atoms with Crippen molar-refractivity contribution in [3.05, 3.63) is 34.5 Å². The highest BCUT2D eigenvalue weighted by Crippen LogP contribution is 2.36. The van der Waals surface area contributed by atoms with Gasteiger partial charge in [-0.15, -0.1) is 11.3 Å². The van der Waals surface area contributed by atoms with Crippen LogP contribution >= 0.6 is 11.3 Å². The largest absolute Gasteiger partial charge is 0.341 e. The van der Waals surface area contributed by atoms with Gasteiger partial charge in [-0.1, -0.05) is 0 Å². The molecule has 0 aliphatic carbocycles. The van der Waals surface area contributed by atoms with Crippen LogP contribution in [0, 0.1) is 0 Å². The monoisotopic (exact) mass is 375 g/mol. The minimum atomic E-state index is 0.0486. The molecule has 2 aromatic heterocycles. The van der Waals surface area contributed by atoms with Crippen LogP contribution in [-0.4, -0.2) is 56.5 Å². The molecular formula is C18H25N5O2S. The van der Waals surface area contributed by atoms with Crippen molar-refractivity contribution in [3.63, 3.8) is 0 Å². The molecule has 0 aromatic carbocycles. The molecule has 26 heavy (non-hydrogen) atoms. The molecule has 0 N–H and O–H groups in total. The van der Waals surface area contributed by atoms with Crippen molar-refractivity contribution in [1.82, 2.24) is 24.6 Å². The summed E-state index contributed by atoms with van der Waals surface area (Å²) in [5.41, 5.74) is 0. The lowest BCUT2D eigenvalue weighted by atomic mass is 10.1. The molecule has 0 spiro atoms. The molecule has 7 nitrogen and oxygen atoms in total. The lowest BCUT2D eigenvalue weighted by Gasteiger charge is -2.24. The van der Waals surface area contributed by atoms with Crippen molar-refractivity contribution in [2.75, 3.05) is 20.1 Å². The number of aryl methyl sites for hydroxylation is 1. The van der Waals surface area contributed by atoms with Gasteiger partial charge < -0.3 is 9.80 Å². The van der Waals surface area contributed by atoms with Gasteiger partial charge >= 0.3 is 0 Å². The highest BCUT2D eigenvalue weighted by Gasteiger charge is 2.31. The molecule has 0 bridgehead atoms. The number of aromatic nitrogens is 3. The maximum Gasteiger partial charge on any atom is 0.263 e. The van der Waals surface area contributed by atoms with E-state index in [0.29, 0.717) is 19.5 Å². The van der Waals surface area contributed by atoms with Gasteiger partial charge in [-0.25, -0.2) is 4.98 Å². The highest BCUT2D eigenvalue weighted by molar-refractivity contribution is 7.14. The molecule has 1 aliphatic heterocycles. The van der Waals surface area contributed by atoms with Crippen molar-refractivity contribution < 1.29 is 9.59 Å². The average Bonchev–Trinajstić information content (AvgIpc) is 3.40. The van der Waals surface area contributed by atoms with Crippen LogP contribution in [-0.2, 0) is 11.3 Å². The quantitative estimate of drug-likeness (QED) is 0.746. The molecule has 2 amide bonds. The third-order valence-electron chi connectivity index (χ3n) is 4.80. The summed E-state index contributed by atoms with van der Waals surface area (Å²) >= 11 is 1.52. The molecule has 2 aromatic rings. The maximum atomic E-state index is 12.7. The lowest BCUT2D eigenvalue weighted by molar-refractivity contribution is -0.132. The summed E-state index contributed by atoms with van der Waals surface area (Å²) in [6.07, 6.45) is 6.40. The van der Waals surface area contributed by atoms with Crippen molar-refractivity contribution in [2.45, 2.75) is 45.2 Å². The predicted molar refractivity (Wildman–Crippen MR) is 99.9 cm³/mol. The summed E-state index contributed by atoms with van der Waals surface area (Å²) in [6, 6.07) is 4.00. The van der Waals surface area contributed by atoms with Gasteiger partial charge in [0.1, 0.15) is 12.7 Å². The van der Waals surface area contributed by atoms with Gasteiger partial charge in [-0.05, 0) is 38.3 Å². The fourth-order valence-corrected chi connectivity index (χ4v) is 4.37. The number of amides is 2. The zero-order valence-electron chi connectivity index (χ0n) is 15.3. The smallest absolute Gasteiger partial charge is 0.263 e. The van der Waals surface area contributed by atoms with Gasteiger partial charge in [0, 0.05) is 38.0 Å². The Hall–Kier alpha value is -2.22. The molecule has 8 heteroatoms. The molecule has 3 heterocycles. The van der Waals surface area contributed by atoms with Gasteiger partial charge in [-0.3, -0.25) is 14.3 Å². The molecule has 140 valence electrons. The zero-order chi connectivity index (χ0) is 18.5. The van der Waals surface area contributed by atoms with Gasteiger partial charge in [0.15, 0.2) is 0 Å². The highest BCUT2D eigenvalue weighted by atomic mass is 32.1. The van der Waals surface area contributed by atoms with E-state index < -0.39 is 0 Å². The van der Waals surface area contributed by atoms with E-state index in [-0.39, 0.29) is 17.9 Å². The summed E-state index contributed by atoms with van der Waals surface area (Å²) in [5, 5.41) is 4.06. The van der Waals surface area contributed by atoms with Crippen LogP contribution in [0.3, 0.4) is 0 Å². The Morgan fingerprint density at radius 2 is 2.23 bits per heavy atom. The fraction of sp³-hybridized carbons (Fsp3) is 0.556. The van der Waals surface area contributed by atoms with Crippen molar-refractivity contribution in [1.29, 1.82) is 0 Å². The Labute approximate surface area is 157 Å². The maximum absolute atomic E-state index is 12.7. The fourth-order valence-electron chi connectivity index (χ4n) is 3.22. The van der Waals surface area contributed by atoms with Gasteiger partial charge in [0.05, 0.1) is 10.9 Å². The topological polar surface area (TPSA) is 71.3 Å². The van der Waals surface area contributed by atoms with Gasteiger partial charge in [0.25, 0.3) is 5.91 Å². The summed E-state index contributed by atoms with van der Waals surface area (Å²) in [6.45, 7) is 4.14. The van der Waals surface area contributed by atoms with Gasteiger partial charge in [0.2, 0.25) is 5.91 Å². The third kappa shape index (κ3) is 4.12. The van der Waals surface area contributed by atoms with E-state index in [0.717, 1.165) is 35.6 Å². The Morgan fingerprint density at radius 3 is 2.96 bits per heavy atom. The number of nitrogens with zero attached hydrogens (tertiary/aromatic N) is 5. The summed E-state index contributed by atoms with van der Waals surface area (Å²) in [7, 11) is 1.81. The number of likely N-dealkylation sites (tertiary alicyclic amines) is 1. The van der Waals surface area contributed by atoms with E-state index in [1.165, 1.54) is 17.7 Å². The van der Waals surface area contributed by atoms with Crippen molar-refractivity contribution in [2.24, 2.45) is 0 Å². The standard InChI is InChI=1S/C18H25N5O2S/c1-3-21(2)18(25)16-9-8-15(26-16)14-6-4-11-23(14)17(24)7-5-10-22-13-19-12-20-22/h8-9,12-14H,3-7,10-11H2,1-2H3/t14-/m1/s1. The predicted octanol–water partition coefficient (Wildman–Crippen LogP) is 2.58. The first-order valence-electron chi connectivity index (χ1n) is 9.07. The molecule has 3 rings (SSSR count). The van der Waals surface area contributed by atoms with E-state index >= 15 is 0 Å². The first-order chi connectivity index (χ1) is 12.6. The first-order valence-corrected chi connectivity index (χ1v) is 9.89. The van der Waals surface area contributed by atoms with Crippen LogP contribution in [0.5, 0.6) is 0 Å². The minimum Gasteiger partial charge on any atom is -0.341 e. The Morgan fingerprint density at radius 1 is 1.38 bits per heavy atom. The lowest BCUT2D eigenvalue weighted by Crippen LogP contribution is -2.30. The van der Waals surface area contributed by atoms with E-state index in [1.54, 1.807) is 15.9 Å². The Bertz CT molecular complexity index is 743. The van der Waals surface area contributed by atoms with Crippen LogP contribution in [0.2, 0.25) is 0 Å². The second-order valence-electron chi connectivity index (χ2n) is 6.53. The molecule has 0 unspecified atom stereocenters. The molecule has 1 fully saturated rings. The molecular weight excluding hydrogens is 350 g/mol. The number of thiophene rings is 1. The number of carbonyl (C=O) groups is 2. The number of hydrogen-bond donors (Lipinski definition) is 0. The molecule has 0 radical (unpaired) electrons. The summed E-state index contributed by atoms with van der Waals surface area (Å²) < 4.78 is 1.75. The van der Waals surface area contributed by atoms with Crippen molar-refractivity contribution >= 4 is 23.2 Å². The number of hydrogen-bond acceptors (Lipinski definition) is 5. The van der Waals surface area contributed by atoms with Crippen LogP contribution in [0.15, 0.2) is 24.8 Å². The van der Waals surface area contributed by atoms with Crippen LogP contribution < -0.4 is 0 Å². The van der Waals surface area contributed by atoms with Crippen LogP contribution in [0.25, 0.3) is 0 Å². The normalized spacial score (nSPS) is 16.8. The summed E-state index contributed by atoms with van der Waals surface area (Å²) in [4.78, 5) is 34.4. The van der Waals surface area contributed by atoms with Gasteiger partial charge in [-0.2, -0.15) is 5.10 Å². The molecule has 1 saturated heterocycles. The summed E-state index contributed by atoms with van der Waals surface area (Å²) in [5.74, 6) is 0.229. The Kier molecular flexibility index (Phi) is 6.03. The second kappa shape index (κ2) is 8.44. The molecule has 1 aliphatic rings. The van der Waals surface area contributed by atoms with E-state index in [9.17, 15) is 9.59 Å².